The number of imidazole rings is 2. The molecule has 0 spiro atoms. The van der Waals surface area contributed by atoms with Gasteiger partial charge in [-0.25, -0.2) is 14.4 Å². The van der Waals surface area contributed by atoms with Crippen molar-refractivity contribution < 1.29 is 4.39 Å². The van der Waals surface area contributed by atoms with E-state index in [0.29, 0.717) is 11.5 Å². The van der Waals surface area contributed by atoms with Gasteiger partial charge >= 0.3 is 0 Å². The van der Waals surface area contributed by atoms with Gasteiger partial charge in [0.15, 0.2) is 6.33 Å². The molecule has 0 aliphatic rings. The zero-order valence-corrected chi connectivity index (χ0v) is 10.7. The Balaban J connectivity index is 1.99. The van der Waals surface area contributed by atoms with Crippen molar-refractivity contribution in [3.05, 3.63) is 54.1 Å². The molecule has 0 bridgehead atoms. The molecular weight excluding hydrogens is 255 g/mol. The lowest BCUT2D eigenvalue weighted by atomic mass is 10.2. The summed E-state index contributed by atoms with van der Waals surface area (Å²) in [5.74, 6) is 0.319. The molecule has 0 fully saturated rings. The summed E-state index contributed by atoms with van der Waals surface area (Å²) in [7, 11) is 0. The number of nitrogens with zero attached hydrogens (tertiary/aromatic N) is 3. The summed E-state index contributed by atoms with van der Waals surface area (Å²) in [6.45, 7) is 2.01. The molecular formula is C15H10FN4. The van der Waals surface area contributed by atoms with Crippen LogP contribution in [0.5, 0.6) is 0 Å². The Morgan fingerprint density at radius 1 is 1.25 bits per heavy atom. The maximum Gasteiger partial charge on any atom is 0.214 e. The number of aromatic amines is 1. The molecule has 5 heteroatoms. The van der Waals surface area contributed by atoms with E-state index in [1.165, 1.54) is 12.1 Å². The summed E-state index contributed by atoms with van der Waals surface area (Å²) >= 11 is 0. The van der Waals surface area contributed by atoms with Crippen LogP contribution in [0.4, 0.5) is 4.39 Å². The number of hydrogen-bond acceptors (Lipinski definition) is 2. The van der Waals surface area contributed by atoms with E-state index in [1.807, 2.05) is 25.1 Å². The highest BCUT2D eigenvalue weighted by Crippen LogP contribution is 2.21. The van der Waals surface area contributed by atoms with Crippen molar-refractivity contribution in [1.29, 1.82) is 0 Å². The van der Waals surface area contributed by atoms with Crippen LogP contribution in [-0.2, 0) is 0 Å². The molecule has 4 nitrogen and oxygen atoms in total. The molecule has 0 aliphatic heterocycles. The van der Waals surface area contributed by atoms with Crippen LogP contribution in [0.25, 0.3) is 28.0 Å². The summed E-state index contributed by atoms with van der Waals surface area (Å²) in [6.07, 6.45) is 2.84. The second-order valence-corrected chi connectivity index (χ2v) is 4.71. The summed E-state index contributed by atoms with van der Waals surface area (Å²) in [4.78, 5) is 11.9. The number of rotatable bonds is 1. The number of nitrogens with one attached hydrogen (secondary N) is 1. The summed E-state index contributed by atoms with van der Waals surface area (Å²) in [5, 5.41) is 0. The number of H-pyrrole nitrogens is 1. The predicted molar refractivity (Wildman–Crippen MR) is 74.3 cm³/mol. The van der Waals surface area contributed by atoms with Gasteiger partial charge in [-0.05, 0) is 30.7 Å². The van der Waals surface area contributed by atoms with E-state index in [1.54, 1.807) is 10.6 Å². The minimum atomic E-state index is -0.309. The first-order valence-electron chi connectivity index (χ1n) is 6.24. The zero-order valence-electron chi connectivity index (χ0n) is 10.7. The Morgan fingerprint density at radius 2 is 2.15 bits per heavy atom. The molecule has 0 saturated carbocycles. The Kier molecular flexibility index (Phi) is 2.18. The predicted octanol–water partition coefficient (Wildman–Crippen LogP) is 3.15. The first-order chi connectivity index (χ1) is 9.72. The molecule has 2 aromatic carbocycles. The number of hydrogen-bond donors (Lipinski definition) is 1. The first-order valence-corrected chi connectivity index (χ1v) is 6.24. The van der Waals surface area contributed by atoms with E-state index < -0.39 is 0 Å². The lowest BCUT2D eigenvalue weighted by Crippen LogP contribution is -1.94. The van der Waals surface area contributed by atoms with Gasteiger partial charge in [0, 0.05) is 6.07 Å². The van der Waals surface area contributed by atoms with E-state index in [9.17, 15) is 4.39 Å². The number of aryl methyl sites for hydroxylation is 1. The van der Waals surface area contributed by atoms with Gasteiger partial charge in [0.2, 0.25) is 5.95 Å². The van der Waals surface area contributed by atoms with Crippen molar-refractivity contribution in [3.8, 4) is 5.95 Å². The Morgan fingerprint density at radius 3 is 3.00 bits per heavy atom. The second-order valence-electron chi connectivity index (χ2n) is 4.71. The molecule has 2 aromatic heterocycles. The molecule has 20 heavy (non-hydrogen) atoms. The van der Waals surface area contributed by atoms with Gasteiger partial charge in [0.1, 0.15) is 5.82 Å². The van der Waals surface area contributed by atoms with Crippen molar-refractivity contribution >= 4 is 22.1 Å². The van der Waals surface area contributed by atoms with Gasteiger partial charge < -0.3 is 4.98 Å². The fourth-order valence-electron chi connectivity index (χ4n) is 2.36. The van der Waals surface area contributed by atoms with E-state index in [-0.39, 0.29) is 5.82 Å². The number of benzene rings is 2. The van der Waals surface area contributed by atoms with E-state index in [0.717, 1.165) is 22.1 Å². The quantitative estimate of drug-likeness (QED) is 0.574. The van der Waals surface area contributed by atoms with E-state index >= 15 is 0 Å². The molecule has 97 valence electrons. The SMILES string of the molecule is Cc1cccc2[nH]c(-n3[c]nc4cc(F)ccc43)nc12. The Labute approximate surface area is 113 Å². The maximum atomic E-state index is 13.2. The average molecular weight is 265 g/mol. The fourth-order valence-corrected chi connectivity index (χ4v) is 2.36. The largest absolute Gasteiger partial charge is 0.323 e. The van der Waals surface area contributed by atoms with Gasteiger partial charge in [-0.3, -0.25) is 4.57 Å². The van der Waals surface area contributed by atoms with Crippen molar-refractivity contribution in [2.24, 2.45) is 0 Å². The monoisotopic (exact) mass is 265 g/mol. The summed E-state index contributed by atoms with van der Waals surface area (Å²) in [6, 6.07) is 10.4. The van der Waals surface area contributed by atoms with Crippen LogP contribution in [0, 0.1) is 19.1 Å². The van der Waals surface area contributed by atoms with Crippen LogP contribution in [0.2, 0.25) is 0 Å². The smallest absolute Gasteiger partial charge is 0.214 e. The lowest BCUT2D eigenvalue weighted by Gasteiger charge is -1.97. The highest BCUT2D eigenvalue weighted by Gasteiger charge is 2.11. The molecule has 0 atom stereocenters. The molecule has 2 heterocycles. The maximum absolute atomic E-state index is 13.2. The zero-order chi connectivity index (χ0) is 13.7. The van der Waals surface area contributed by atoms with Gasteiger partial charge in [-0.2, -0.15) is 0 Å². The second kappa shape index (κ2) is 3.90. The minimum Gasteiger partial charge on any atom is -0.323 e. The first kappa shape index (κ1) is 11.2. The third-order valence-corrected chi connectivity index (χ3v) is 3.36. The molecule has 0 amide bonds. The standard InChI is InChI=1S/C15H10FN4/c1-9-3-2-4-11-14(9)19-15(18-11)20-8-17-12-7-10(16)5-6-13(12)20/h2-7H,1H3,(H,18,19). The van der Waals surface area contributed by atoms with Gasteiger partial charge in [0.25, 0.3) is 0 Å². The van der Waals surface area contributed by atoms with Crippen LogP contribution in [-0.4, -0.2) is 19.5 Å². The third-order valence-electron chi connectivity index (χ3n) is 3.36. The van der Waals surface area contributed by atoms with Crippen LogP contribution >= 0.6 is 0 Å². The number of halogens is 1. The van der Waals surface area contributed by atoms with E-state index in [4.69, 9.17) is 0 Å². The molecule has 1 radical (unpaired) electrons. The molecule has 0 unspecified atom stereocenters. The number of aromatic nitrogens is 4. The van der Waals surface area contributed by atoms with Crippen molar-refractivity contribution in [2.75, 3.05) is 0 Å². The van der Waals surface area contributed by atoms with Crippen molar-refractivity contribution in [3.63, 3.8) is 0 Å². The van der Waals surface area contributed by atoms with Gasteiger partial charge in [-0.15, -0.1) is 0 Å². The van der Waals surface area contributed by atoms with Crippen LogP contribution in [0.15, 0.2) is 36.4 Å². The molecule has 4 aromatic rings. The highest BCUT2D eigenvalue weighted by molar-refractivity contribution is 5.81. The van der Waals surface area contributed by atoms with Crippen LogP contribution in [0.1, 0.15) is 5.56 Å². The molecule has 0 aliphatic carbocycles. The number of fused-ring (bicyclic) bond motifs is 2. The minimum absolute atomic E-state index is 0.309. The Bertz CT molecular complexity index is 936. The normalized spacial score (nSPS) is 11.5. The molecule has 1 N–H and O–H groups in total. The summed E-state index contributed by atoms with van der Waals surface area (Å²) in [5.41, 5.74) is 4.29. The van der Waals surface area contributed by atoms with Crippen molar-refractivity contribution in [1.82, 2.24) is 19.5 Å². The van der Waals surface area contributed by atoms with Gasteiger partial charge in [0.05, 0.1) is 22.1 Å². The number of para-hydroxylation sites is 1. The fraction of sp³-hybridized carbons (Fsp3) is 0.0667. The van der Waals surface area contributed by atoms with Crippen LogP contribution in [0.3, 0.4) is 0 Å². The third kappa shape index (κ3) is 1.53. The van der Waals surface area contributed by atoms with Crippen LogP contribution < -0.4 is 0 Å². The van der Waals surface area contributed by atoms with Gasteiger partial charge in [-0.1, -0.05) is 12.1 Å². The Hall–Kier alpha value is -2.69. The summed E-state index contributed by atoms with van der Waals surface area (Å²) < 4.78 is 14.9. The molecule has 0 saturated heterocycles. The average Bonchev–Trinajstić information content (AvgIpc) is 3.02. The topological polar surface area (TPSA) is 46.5 Å². The lowest BCUT2D eigenvalue weighted by molar-refractivity contribution is 0.629. The molecule has 4 rings (SSSR count). The van der Waals surface area contributed by atoms with Crippen molar-refractivity contribution in [2.45, 2.75) is 6.92 Å². The van der Waals surface area contributed by atoms with E-state index in [2.05, 4.69) is 21.3 Å². The highest BCUT2D eigenvalue weighted by atomic mass is 19.1.